The Kier molecular flexibility index (Phi) is 4.35. The molecule has 0 aliphatic carbocycles. The highest BCUT2D eigenvalue weighted by Gasteiger charge is 2.21. The molecule has 0 heterocycles. The van der Waals surface area contributed by atoms with E-state index in [0.29, 0.717) is 6.42 Å². The number of amides is 1. The van der Waals surface area contributed by atoms with Crippen LogP contribution in [0, 0.1) is 0 Å². The predicted octanol–water partition coefficient (Wildman–Crippen LogP) is 2.06. The van der Waals surface area contributed by atoms with E-state index in [-0.39, 0.29) is 5.91 Å². The van der Waals surface area contributed by atoms with Gasteiger partial charge in [-0.2, -0.15) is 0 Å². The monoisotopic (exact) mass is 271 g/mol. The summed E-state index contributed by atoms with van der Waals surface area (Å²) in [5, 5.41) is 4.82. The van der Waals surface area contributed by atoms with Gasteiger partial charge in [0.2, 0.25) is 5.91 Å². The minimum Gasteiger partial charge on any atom is -0.467 e. The van der Waals surface area contributed by atoms with Crippen molar-refractivity contribution in [3.8, 4) is 0 Å². The molecule has 0 fully saturated rings. The van der Waals surface area contributed by atoms with Gasteiger partial charge in [0.25, 0.3) is 0 Å². The van der Waals surface area contributed by atoms with Crippen molar-refractivity contribution >= 4 is 22.6 Å². The Morgan fingerprint density at radius 1 is 1.15 bits per heavy atom. The zero-order valence-electron chi connectivity index (χ0n) is 11.6. The van der Waals surface area contributed by atoms with Gasteiger partial charge in [-0.15, -0.1) is 0 Å². The van der Waals surface area contributed by atoms with Gasteiger partial charge in [-0.25, -0.2) is 4.79 Å². The van der Waals surface area contributed by atoms with E-state index in [1.54, 1.807) is 0 Å². The fraction of sp³-hybridized carbons (Fsp3) is 0.250. The highest BCUT2D eigenvalue weighted by atomic mass is 16.5. The Balaban J connectivity index is 2.33. The summed E-state index contributed by atoms with van der Waals surface area (Å²) in [6.45, 7) is 1.39. The van der Waals surface area contributed by atoms with Crippen LogP contribution in [-0.4, -0.2) is 25.0 Å². The van der Waals surface area contributed by atoms with Crippen LogP contribution < -0.4 is 5.32 Å². The van der Waals surface area contributed by atoms with E-state index in [9.17, 15) is 9.59 Å². The second-order valence-electron chi connectivity index (χ2n) is 4.62. The number of benzene rings is 2. The Bertz CT molecular complexity index is 631. The van der Waals surface area contributed by atoms with Crippen molar-refractivity contribution < 1.29 is 14.3 Å². The first-order valence-corrected chi connectivity index (χ1v) is 6.43. The molecular weight excluding hydrogens is 254 g/mol. The van der Waals surface area contributed by atoms with Crippen LogP contribution in [0.25, 0.3) is 10.8 Å². The first-order chi connectivity index (χ1) is 9.61. The third-order valence-electron chi connectivity index (χ3n) is 3.17. The van der Waals surface area contributed by atoms with Crippen LogP contribution >= 0.6 is 0 Å². The molecule has 1 atom stereocenters. The second-order valence-corrected chi connectivity index (χ2v) is 4.62. The minimum atomic E-state index is -0.664. The molecule has 0 unspecified atom stereocenters. The van der Waals surface area contributed by atoms with Gasteiger partial charge in [-0.3, -0.25) is 4.79 Å². The summed E-state index contributed by atoms with van der Waals surface area (Å²) in [4.78, 5) is 23.0. The van der Waals surface area contributed by atoms with Crippen LogP contribution in [-0.2, 0) is 20.7 Å². The van der Waals surface area contributed by atoms with E-state index < -0.39 is 12.0 Å². The molecule has 2 aromatic carbocycles. The lowest BCUT2D eigenvalue weighted by atomic mass is 9.99. The maximum absolute atomic E-state index is 11.8. The first-order valence-electron chi connectivity index (χ1n) is 6.43. The maximum Gasteiger partial charge on any atom is 0.328 e. The fourth-order valence-corrected chi connectivity index (χ4v) is 2.27. The van der Waals surface area contributed by atoms with Crippen LogP contribution in [0.1, 0.15) is 12.5 Å². The zero-order chi connectivity index (χ0) is 14.5. The van der Waals surface area contributed by atoms with Crippen molar-refractivity contribution in [3.05, 3.63) is 48.0 Å². The quantitative estimate of drug-likeness (QED) is 0.866. The number of nitrogens with one attached hydrogen (secondary N) is 1. The van der Waals surface area contributed by atoms with Crippen LogP contribution in [0.4, 0.5) is 0 Å². The summed E-state index contributed by atoms with van der Waals surface area (Å²) >= 11 is 0. The molecule has 1 N–H and O–H groups in total. The van der Waals surface area contributed by atoms with Crippen LogP contribution in [0.5, 0.6) is 0 Å². The number of ether oxygens (including phenoxy) is 1. The fourth-order valence-electron chi connectivity index (χ4n) is 2.27. The third kappa shape index (κ3) is 3.15. The van der Waals surface area contributed by atoms with E-state index in [0.717, 1.165) is 16.3 Å². The lowest BCUT2D eigenvalue weighted by Gasteiger charge is -2.16. The Morgan fingerprint density at radius 3 is 2.55 bits per heavy atom. The van der Waals surface area contributed by atoms with Crippen LogP contribution in [0.15, 0.2) is 42.5 Å². The molecule has 0 spiro atoms. The molecule has 4 heteroatoms. The number of fused-ring (bicyclic) bond motifs is 1. The van der Waals surface area contributed by atoms with Gasteiger partial charge in [0, 0.05) is 13.3 Å². The third-order valence-corrected chi connectivity index (χ3v) is 3.17. The average molecular weight is 271 g/mol. The molecule has 0 aliphatic rings. The van der Waals surface area contributed by atoms with Crippen molar-refractivity contribution in [2.45, 2.75) is 19.4 Å². The number of rotatable bonds is 4. The van der Waals surface area contributed by atoms with E-state index in [1.807, 2.05) is 42.5 Å². The Hall–Kier alpha value is -2.36. The van der Waals surface area contributed by atoms with Crippen molar-refractivity contribution in [2.75, 3.05) is 7.11 Å². The maximum atomic E-state index is 11.8. The molecule has 0 bridgehead atoms. The summed E-state index contributed by atoms with van der Waals surface area (Å²) in [6.07, 6.45) is 0.410. The normalized spacial score (nSPS) is 11.9. The summed E-state index contributed by atoms with van der Waals surface area (Å²) < 4.78 is 4.74. The lowest BCUT2D eigenvalue weighted by molar-refractivity contribution is -0.144. The summed E-state index contributed by atoms with van der Waals surface area (Å²) in [6, 6.07) is 13.2. The second kappa shape index (κ2) is 6.19. The van der Waals surface area contributed by atoms with Crippen molar-refractivity contribution in [3.63, 3.8) is 0 Å². The first kappa shape index (κ1) is 14.1. The SMILES string of the molecule is COC(=O)[C@H](Cc1cccc2ccccc12)NC(C)=O. The van der Waals surface area contributed by atoms with Crippen LogP contribution in [0.2, 0.25) is 0 Å². The number of carbonyl (C=O) groups excluding carboxylic acids is 2. The number of esters is 1. The Morgan fingerprint density at radius 2 is 1.85 bits per heavy atom. The molecule has 2 rings (SSSR count). The van der Waals surface area contributed by atoms with Gasteiger partial charge < -0.3 is 10.1 Å². The molecule has 0 radical (unpaired) electrons. The van der Waals surface area contributed by atoms with Crippen LogP contribution in [0.3, 0.4) is 0 Å². The zero-order valence-corrected chi connectivity index (χ0v) is 11.6. The molecule has 0 saturated heterocycles. The smallest absolute Gasteiger partial charge is 0.328 e. The molecule has 104 valence electrons. The number of carbonyl (C=O) groups is 2. The highest BCUT2D eigenvalue weighted by molar-refractivity contribution is 5.88. The number of hydrogen-bond acceptors (Lipinski definition) is 3. The molecule has 0 aliphatic heterocycles. The van der Waals surface area contributed by atoms with Gasteiger partial charge in [0.15, 0.2) is 0 Å². The Labute approximate surface area is 117 Å². The molecule has 0 saturated carbocycles. The molecule has 0 aromatic heterocycles. The van der Waals surface area contributed by atoms with Crippen molar-refractivity contribution in [2.24, 2.45) is 0 Å². The molecule has 20 heavy (non-hydrogen) atoms. The van der Waals surface area contributed by atoms with E-state index in [2.05, 4.69) is 5.32 Å². The minimum absolute atomic E-state index is 0.249. The standard InChI is InChI=1S/C16H17NO3/c1-11(18)17-15(16(19)20-2)10-13-8-5-7-12-6-3-4-9-14(12)13/h3-9,15H,10H2,1-2H3,(H,17,18)/t15-/m0/s1. The van der Waals surface area contributed by atoms with Gasteiger partial charge in [-0.05, 0) is 16.3 Å². The molecule has 1 amide bonds. The van der Waals surface area contributed by atoms with Gasteiger partial charge >= 0.3 is 5.97 Å². The molecular formula is C16H17NO3. The van der Waals surface area contributed by atoms with E-state index in [4.69, 9.17) is 4.74 Å². The van der Waals surface area contributed by atoms with Gasteiger partial charge in [0.05, 0.1) is 7.11 Å². The van der Waals surface area contributed by atoms with E-state index >= 15 is 0 Å². The highest BCUT2D eigenvalue weighted by Crippen LogP contribution is 2.20. The summed E-state index contributed by atoms with van der Waals surface area (Å²) in [5.41, 5.74) is 1.01. The summed E-state index contributed by atoms with van der Waals surface area (Å²) in [7, 11) is 1.32. The number of methoxy groups -OCH3 is 1. The van der Waals surface area contributed by atoms with Crippen molar-refractivity contribution in [1.82, 2.24) is 5.32 Å². The molecule has 2 aromatic rings. The number of hydrogen-bond donors (Lipinski definition) is 1. The predicted molar refractivity (Wildman–Crippen MR) is 77.3 cm³/mol. The average Bonchev–Trinajstić information content (AvgIpc) is 2.45. The van der Waals surface area contributed by atoms with Gasteiger partial charge in [0.1, 0.15) is 6.04 Å². The van der Waals surface area contributed by atoms with Crippen molar-refractivity contribution in [1.29, 1.82) is 0 Å². The van der Waals surface area contributed by atoms with Gasteiger partial charge in [-0.1, -0.05) is 42.5 Å². The summed E-state index contributed by atoms with van der Waals surface area (Å²) in [5.74, 6) is -0.686. The largest absolute Gasteiger partial charge is 0.467 e. The topological polar surface area (TPSA) is 55.4 Å². The molecule has 4 nitrogen and oxygen atoms in total. The van der Waals surface area contributed by atoms with E-state index in [1.165, 1.54) is 14.0 Å². The lowest BCUT2D eigenvalue weighted by Crippen LogP contribution is -2.42.